The van der Waals surface area contributed by atoms with Crippen LogP contribution < -0.4 is 0 Å². The number of morpholine rings is 1. The Labute approximate surface area is 141 Å². The van der Waals surface area contributed by atoms with E-state index in [1.165, 1.54) is 6.07 Å². The molecule has 3 rings (SSSR count). The molecule has 2 heterocycles. The molecule has 23 heavy (non-hydrogen) atoms. The fraction of sp³-hybridized carbons (Fsp3) is 0.588. The molecule has 4 nitrogen and oxygen atoms in total. The Balaban J connectivity index is 1.67. The minimum Gasteiger partial charge on any atom is -0.371 e. The van der Waals surface area contributed by atoms with Crippen LogP contribution in [-0.2, 0) is 9.53 Å². The number of likely N-dealkylation sites (tertiary alicyclic amines) is 1. The lowest BCUT2D eigenvalue weighted by Crippen LogP contribution is -2.50. The standard InChI is InChI=1S/C17H22ClFN2O2/c1-12(17(22)20-6-2-3-7-20)21-8-9-23-16(11-21)13-4-5-15(19)14(18)10-13/h4-5,10,12,16H,2-3,6-9,11H2,1H3/t12-,16+/m0/s1. The van der Waals surface area contributed by atoms with Crippen LogP contribution in [0.5, 0.6) is 0 Å². The summed E-state index contributed by atoms with van der Waals surface area (Å²) >= 11 is 5.86. The average molecular weight is 341 g/mol. The van der Waals surface area contributed by atoms with Gasteiger partial charge in [-0.25, -0.2) is 4.39 Å². The first-order valence-electron chi connectivity index (χ1n) is 8.15. The number of ether oxygens (including phenoxy) is 1. The van der Waals surface area contributed by atoms with Crippen LogP contribution in [0.1, 0.15) is 31.4 Å². The van der Waals surface area contributed by atoms with Gasteiger partial charge in [0.2, 0.25) is 5.91 Å². The second kappa shape index (κ2) is 7.16. The lowest BCUT2D eigenvalue weighted by molar-refractivity contribution is -0.138. The molecule has 1 amide bonds. The predicted molar refractivity (Wildman–Crippen MR) is 87.0 cm³/mol. The quantitative estimate of drug-likeness (QED) is 0.848. The van der Waals surface area contributed by atoms with Gasteiger partial charge in [-0.15, -0.1) is 0 Å². The Morgan fingerprint density at radius 1 is 1.35 bits per heavy atom. The van der Waals surface area contributed by atoms with Gasteiger partial charge in [0.15, 0.2) is 0 Å². The highest BCUT2D eigenvalue weighted by Gasteiger charge is 2.32. The molecule has 1 aromatic carbocycles. The molecule has 0 saturated carbocycles. The van der Waals surface area contributed by atoms with Gasteiger partial charge in [-0.2, -0.15) is 0 Å². The largest absolute Gasteiger partial charge is 0.371 e. The zero-order chi connectivity index (χ0) is 16.4. The molecule has 0 spiro atoms. The normalized spacial score (nSPS) is 24.0. The number of carbonyl (C=O) groups is 1. The van der Waals surface area contributed by atoms with Crippen molar-refractivity contribution in [3.8, 4) is 0 Å². The third kappa shape index (κ3) is 3.67. The van der Waals surface area contributed by atoms with Crippen LogP contribution in [0.3, 0.4) is 0 Å². The number of hydrogen-bond donors (Lipinski definition) is 0. The molecule has 0 radical (unpaired) electrons. The van der Waals surface area contributed by atoms with Gasteiger partial charge < -0.3 is 9.64 Å². The van der Waals surface area contributed by atoms with Crippen molar-refractivity contribution in [2.75, 3.05) is 32.8 Å². The molecule has 0 aliphatic carbocycles. The Hall–Kier alpha value is -1.17. The van der Waals surface area contributed by atoms with Gasteiger partial charge in [0.1, 0.15) is 5.82 Å². The summed E-state index contributed by atoms with van der Waals surface area (Å²) in [5.74, 6) is -0.235. The highest BCUT2D eigenvalue weighted by molar-refractivity contribution is 6.30. The summed E-state index contributed by atoms with van der Waals surface area (Å²) in [6, 6.07) is 4.51. The van der Waals surface area contributed by atoms with E-state index in [0.717, 1.165) is 38.0 Å². The lowest BCUT2D eigenvalue weighted by Gasteiger charge is -2.37. The molecule has 0 N–H and O–H groups in total. The molecule has 2 atom stereocenters. The van der Waals surface area contributed by atoms with E-state index in [0.29, 0.717) is 13.2 Å². The number of halogens is 2. The summed E-state index contributed by atoms with van der Waals surface area (Å²) in [5, 5.41) is 0.101. The molecular weight excluding hydrogens is 319 g/mol. The number of amides is 1. The van der Waals surface area contributed by atoms with E-state index in [2.05, 4.69) is 4.90 Å². The second-order valence-electron chi connectivity index (χ2n) is 6.24. The Morgan fingerprint density at radius 3 is 2.78 bits per heavy atom. The first-order valence-corrected chi connectivity index (χ1v) is 8.53. The van der Waals surface area contributed by atoms with Gasteiger partial charge in [0.05, 0.1) is 23.8 Å². The molecule has 2 saturated heterocycles. The Kier molecular flexibility index (Phi) is 5.19. The molecule has 2 aliphatic rings. The maximum absolute atomic E-state index is 13.3. The van der Waals surface area contributed by atoms with Gasteiger partial charge in [-0.05, 0) is 37.5 Å². The van der Waals surface area contributed by atoms with Crippen LogP contribution in [-0.4, -0.2) is 54.5 Å². The van der Waals surface area contributed by atoms with E-state index in [4.69, 9.17) is 16.3 Å². The third-order valence-electron chi connectivity index (χ3n) is 4.74. The smallest absolute Gasteiger partial charge is 0.239 e. The molecule has 2 fully saturated rings. The summed E-state index contributed by atoms with van der Waals surface area (Å²) in [5.41, 5.74) is 0.849. The predicted octanol–water partition coefficient (Wildman–Crippen LogP) is 2.86. The fourth-order valence-corrected chi connectivity index (χ4v) is 3.48. The van der Waals surface area contributed by atoms with E-state index in [1.54, 1.807) is 12.1 Å². The highest BCUT2D eigenvalue weighted by atomic mass is 35.5. The maximum atomic E-state index is 13.3. The first-order chi connectivity index (χ1) is 11.1. The Bertz CT molecular complexity index is 578. The molecule has 6 heteroatoms. The zero-order valence-electron chi connectivity index (χ0n) is 13.3. The molecule has 0 aromatic heterocycles. The van der Waals surface area contributed by atoms with Crippen molar-refractivity contribution in [3.05, 3.63) is 34.6 Å². The van der Waals surface area contributed by atoms with E-state index in [1.807, 2.05) is 11.8 Å². The monoisotopic (exact) mass is 340 g/mol. The van der Waals surface area contributed by atoms with Crippen molar-refractivity contribution in [2.45, 2.75) is 31.9 Å². The molecule has 1 aromatic rings. The maximum Gasteiger partial charge on any atom is 0.239 e. The summed E-state index contributed by atoms with van der Waals surface area (Å²) in [4.78, 5) is 16.7. The summed E-state index contributed by atoms with van der Waals surface area (Å²) < 4.78 is 19.1. The summed E-state index contributed by atoms with van der Waals surface area (Å²) in [7, 11) is 0. The van der Waals surface area contributed by atoms with Gasteiger partial charge in [-0.1, -0.05) is 17.7 Å². The van der Waals surface area contributed by atoms with Crippen LogP contribution in [0.25, 0.3) is 0 Å². The molecule has 2 aliphatic heterocycles. The van der Waals surface area contributed by atoms with E-state index in [9.17, 15) is 9.18 Å². The van der Waals surface area contributed by atoms with Gasteiger partial charge in [0, 0.05) is 26.2 Å². The van der Waals surface area contributed by atoms with Crippen LogP contribution in [0.15, 0.2) is 18.2 Å². The number of nitrogens with zero attached hydrogens (tertiary/aromatic N) is 2. The topological polar surface area (TPSA) is 32.8 Å². The van der Waals surface area contributed by atoms with Crippen LogP contribution in [0, 0.1) is 5.82 Å². The number of rotatable bonds is 3. The van der Waals surface area contributed by atoms with Crippen molar-refractivity contribution in [1.29, 1.82) is 0 Å². The van der Waals surface area contributed by atoms with Crippen molar-refractivity contribution in [2.24, 2.45) is 0 Å². The second-order valence-corrected chi connectivity index (χ2v) is 6.64. The fourth-order valence-electron chi connectivity index (χ4n) is 3.29. The molecule has 126 valence electrons. The van der Waals surface area contributed by atoms with Crippen LogP contribution in [0.2, 0.25) is 5.02 Å². The minimum absolute atomic E-state index is 0.101. The highest BCUT2D eigenvalue weighted by Crippen LogP contribution is 2.27. The SMILES string of the molecule is C[C@@H](C(=O)N1CCCC1)N1CCO[C@@H](c2ccc(F)c(Cl)c2)C1. The third-order valence-corrected chi connectivity index (χ3v) is 5.03. The summed E-state index contributed by atoms with van der Waals surface area (Å²) in [6.45, 7) is 5.59. The van der Waals surface area contributed by atoms with Crippen molar-refractivity contribution >= 4 is 17.5 Å². The van der Waals surface area contributed by atoms with Gasteiger partial charge >= 0.3 is 0 Å². The molecule has 0 bridgehead atoms. The van der Waals surface area contributed by atoms with Crippen molar-refractivity contribution in [1.82, 2.24) is 9.80 Å². The zero-order valence-corrected chi connectivity index (χ0v) is 14.1. The minimum atomic E-state index is -0.430. The van der Waals surface area contributed by atoms with Crippen molar-refractivity contribution < 1.29 is 13.9 Å². The number of hydrogen-bond acceptors (Lipinski definition) is 3. The van der Waals surface area contributed by atoms with Crippen LogP contribution in [0.4, 0.5) is 4.39 Å². The summed E-state index contributed by atoms with van der Waals surface area (Å²) in [6.07, 6.45) is 2.01. The molecule has 0 unspecified atom stereocenters. The lowest BCUT2D eigenvalue weighted by atomic mass is 10.1. The molecular formula is C17H22ClFN2O2. The van der Waals surface area contributed by atoms with E-state index >= 15 is 0 Å². The first kappa shape index (κ1) is 16.7. The number of carbonyl (C=O) groups excluding carboxylic acids is 1. The van der Waals surface area contributed by atoms with E-state index < -0.39 is 5.82 Å². The van der Waals surface area contributed by atoms with Crippen LogP contribution >= 0.6 is 11.6 Å². The van der Waals surface area contributed by atoms with E-state index in [-0.39, 0.29) is 23.1 Å². The number of benzene rings is 1. The van der Waals surface area contributed by atoms with Crippen molar-refractivity contribution in [3.63, 3.8) is 0 Å². The average Bonchev–Trinajstić information content (AvgIpc) is 3.10. The Morgan fingerprint density at radius 2 is 2.09 bits per heavy atom. The van der Waals surface area contributed by atoms with Gasteiger partial charge in [-0.3, -0.25) is 9.69 Å². The van der Waals surface area contributed by atoms with Gasteiger partial charge in [0.25, 0.3) is 0 Å².